The molecule has 12 heavy (non-hydrogen) atoms. The van der Waals surface area contributed by atoms with E-state index >= 15 is 0 Å². The van der Waals surface area contributed by atoms with Crippen LogP contribution in [0.25, 0.3) is 0 Å². The molecule has 2 nitrogen and oxygen atoms in total. The van der Waals surface area contributed by atoms with Gasteiger partial charge in [0.15, 0.2) is 8.32 Å². The third kappa shape index (κ3) is 3.65. The van der Waals surface area contributed by atoms with Crippen molar-refractivity contribution in [1.29, 1.82) is 0 Å². The minimum atomic E-state index is -1.89. The molecular formula is C8H17O2SSi-. The lowest BCUT2D eigenvalue weighted by Crippen LogP contribution is -2.40. The van der Waals surface area contributed by atoms with E-state index in [-0.39, 0.29) is 16.8 Å². The van der Waals surface area contributed by atoms with Crippen molar-refractivity contribution in [2.24, 2.45) is 0 Å². The smallest absolute Gasteiger partial charge is 0.195 e. The maximum absolute atomic E-state index is 10.9. The zero-order valence-corrected chi connectivity index (χ0v) is 10.2. The van der Waals surface area contributed by atoms with Crippen LogP contribution in [-0.4, -0.2) is 19.5 Å². The minimum absolute atomic E-state index is 0.0881. The molecule has 0 saturated carbocycles. The van der Waals surface area contributed by atoms with Crippen molar-refractivity contribution in [2.45, 2.75) is 45.5 Å². The molecule has 0 amide bonds. The SMILES string of the molecule is CC(C)O[Si](C)(C)C(C)C(=O)[S-]. The lowest BCUT2D eigenvalue weighted by atomic mass is 10.5. The van der Waals surface area contributed by atoms with Gasteiger partial charge in [0.25, 0.3) is 0 Å². The van der Waals surface area contributed by atoms with Crippen LogP contribution in [0.1, 0.15) is 20.8 Å². The summed E-state index contributed by atoms with van der Waals surface area (Å²) in [5.41, 5.74) is -0.0881. The van der Waals surface area contributed by atoms with E-state index in [1.807, 2.05) is 33.9 Å². The molecule has 0 aliphatic rings. The van der Waals surface area contributed by atoms with E-state index in [0.717, 1.165) is 0 Å². The summed E-state index contributed by atoms with van der Waals surface area (Å²) in [5.74, 6) is 0. The largest absolute Gasteiger partial charge is 0.742 e. The molecular weight excluding hydrogens is 188 g/mol. The second-order valence-corrected chi connectivity index (χ2v) is 8.52. The summed E-state index contributed by atoms with van der Waals surface area (Å²) < 4.78 is 5.71. The highest BCUT2D eigenvalue weighted by atomic mass is 32.1. The van der Waals surface area contributed by atoms with Crippen molar-refractivity contribution in [2.75, 3.05) is 0 Å². The first-order valence-electron chi connectivity index (χ1n) is 4.16. The van der Waals surface area contributed by atoms with Gasteiger partial charge in [-0.05, 0) is 26.9 Å². The number of carbonyl (C=O) groups excluding carboxylic acids is 1. The molecule has 0 aromatic heterocycles. The molecule has 0 saturated heterocycles. The van der Waals surface area contributed by atoms with Gasteiger partial charge >= 0.3 is 0 Å². The second-order valence-electron chi connectivity index (χ2n) is 3.81. The Morgan fingerprint density at radius 2 is 1.75 bits per heavy atom. The van der Waals surface area contributed by atoms with E-state index in [4.69, 9.17) is 4.43 Å². The highest BCUT2D eigenvalue weighted by molar-refractivity contribution is 7.77. The lowest BCUT2D eigenvalue weighted by Gasteiger charge is -2.32. The van der Waals surface area contributed by atoms with Crippen LogP contribution >= 0.6 is 0 Å². The zero-order chi connectivity index (χ0) is 9.94. The van der Waals surface area contributed by atoms with Crippen molar-refractivity contribution in [3.63, 3.8) is 0 Å². The third-order valence-corrected chi connectivity index (χ3v) is 5.93. The first-order valence-corrected chi connectivity index (χ1v) is 7.55. The van der Waals surface area contributed by atoms with Gasteiger partial charge in [0.05, 0.1) is 0 Å². The summed E-state index contributed by atoms with van der Waals surface area (Å²) in [6.07, 6.45) is 0.184. The molecule has 0 fully saturated rings. The Kier molecular flexibility index (Phi) is 4.37. The molecule has 0 rings (SSSR count). The lowest BCUT2D eigenvalue weighted by molar-refractivity contribution is -0.110. The van der Waals surface area contributed by atoms with Gasteiger partial charge < -0.3 is 21.8 Å². The molecule has 4 heteroatoms. The Bertz CT molecular complexity index is 168. The van der Waals surface area contributed by atoms with Crippen LogP contribution in [0.15, 0.2) is 0 Å². The molecule has 0 aliphatic heterocycles. The predicted molar refractivity (Wildman–Crippen MR) is 55.5 cm³/mol. The minimum Gasteiger partial charge on any atom is -0.742 e. The Morgan fingerprint density at radius 3 is 2.00 bits per heavy atom. The predicted octanol–water partition coefficient (Wildman–Crippen LogP) is 2.08. The fourth-order valence-corrected chi connectivity index (χ4v) is 3.83. The first kappa shape index (κ1) is 12.1. The normalized spacial score (nSPS) is 14.8. The number of hydrogen-bond donors (Lipinski definition) is 0. The number of rotatable bonds is 4. The highest BCUT2D eigenvalue weighted by Crippen LogP contribution is 2.24. The maximum atomic E-state index is 10.9. The van der Waals surface area contributed by atoms with E-state index in [1.165, 1.54) is 0 Å². The van der Waals surface area contributed by atoms with Crippen molar-refractivity contribution in [3.8, 4) is 0 Å². The summed E-state index contributed by atoms with van der Waals surface area (Å²) in [4.78, 5) is 10.9. The van der Waals surface area contributed by atoms with E-state index in [0.29, 0.717) is 0 Å². The average molecular weight is 205 g/mol. The summed E-state index contributed by atoms with van der Waals surface area (Å²) in [6.45, 7) is 9.89. The molecule has 0 aromatic rings. The molecule has 0 aliphatic carbocycles. The quantitative estimate of drug-likeness (QED) is 0.519. The molecule has 1 unspecified atom stereocenters. The Morgan fingerprint density at radius 1 is 1.33 bits per heavy atom. The fourth-order valence-electron chi connectivity index (χ4n) is 0.993. The van der Waals surface area contributed by atoms with Crippen molar-refractivity contribution >= 4 is 26.1 Å². The zero-order valence-electron chi connectivity index (χ0n) is 8.38. The molecule has 0 spiro atoms. The first-order chi connectivity index (χ1) is 5.27. The van der Waals surface area contributed by atoms with E-state index in [1.54, 1.807) is 0 Å². The van der Waals surface area contributed by atoms with Crippen LogP contribution in [0.5, 0.6) is 0 Å². The van der Waals surface area contributed by atoms with Crippen molar-refractivity contribution in [3.05, 3.63) is 0 Å². The molecule has 0 radical (unpaired) electrons. The topological polar surface area (TPSA) is 26.3 Å². The van der Waals surface area contributed by atoms with Gasteiger partial charge in [0.2, 0.25) is 0 Å². The molecule has 0 N–H and O–H groups in total. The molecule has 1 atom stereocenters. The van der Waals surface area contributed by atoms with Crippen LogP contribution in [0.3, 0.4) is 0 Å². The maximum Gasteiger partial charge on any atom is 0.195 e. The van der Waals surface area contributed by atoms with Crippen LogP contribution in [0.4, 0.5) is 0 Å². The van der Waals surface area contributed by atoms with Crippen molar-refractivity contribution in [1.82, 2.24) is 0 Å². The average Bonchev–Trinajstić information content (AvgIpc) is 1.82. The van der Waals surface area contributed by atoms with Crippen LogP contribution < -0.4 is 0 Å². The van der Waals surface area contributed by atoms with E-state index in [2.05, 4.69) is 12.6 Å². The van der Waals surface area contributed by atoms with Gasteiger partial charge in [-0.1, -0.05) is 6.92 Å². The summed E-state index contributed by atoms with van der Waals surface area (Å²) >= 11 is 4.62. The molecule has 0 aromatic carbocycles. The Hall–Kier alpha value is 0.0669. The number of carbonyl (C=O) groups is 1. The highest BCUT2D eigenvalue weighted by Gasteiger charge is 2.31. The van der Waals surface area contributed by atoms with Gasteiger partial charge in [0.1, 0.15) is 0 Å². The van der Waals surface area contributed by atoms with Crippen LogP contribution in [-0.2, 0) is 21.8 Å². The molecule has 72 valence electrons. The van der Waals surface area contributed by atoms with Gasteiger partial charge in [-0.15, -0.1) is 0 Å². The second kappa shape index (κ2) is 4.34. The fraction of sp³-hybridized carbons (Fsp3) is 0.875. The summed E-state index contributed by atoms with van der Waals surface area (Å²) in [7, 11) is -1.89. The summed E-state index contributed by atoms with van der Waals surface area (Å²) in [6, 6.07) is 0. The van der Waals surface area contributed by atoms with Crippen LogP contribution in [0.2, 0.25) is 18.6 Å². The summed E-state index contributed by atoms with van der Waals surface area (Å²) in [5, 5.41) is -0.174. The van der Waals surface area contributed by atoms with Crippen molar-refractivity contribution < 1.29 is 9.22 Å². The standard InChI is InChI=1S/C8H18O2SSi/c1-6(2)10-12(4,5)7(3)8(9)11/h6-7H,1-5H3,(H,9,11)/p-1. The molecule has 0 bridgehead atoms. The van der Waals surface area contributed by atoms with Gasteiger partial charge in [-0.2, -0.15) is 0 Å². The van der Waals surface area contributed by atoms with E-state index in [9.17, 15) is 4.79 Å². The number of hydrogen-bond acceptors (Lipinski definition) is 3. The molecule has 0 heterocycles. The van der Waals surface area contributed by atoms with E-state index < -0.39 is 8.32 Å². The van der Waals surface area contributed by atoms with Gasteiger partial charge in [-0.25, -0.2) is 0 Å². The van der Waals surface area contributed by atoms with Crippen LogP contribution in [0, 0.1) is 0 Å². The third-order valence-electron chi connectivity index (χ3n) is 1.94. The van der Waals surface area contributed by atoms with Gasteiger partial charge in [-0.3, -0.25) is 0 Å². The monoisotopic (exact) mass is 205 g/mol. The Balaban J connectivity index is 4.28. The Labute approximate surface area is 81.2 Å². The van der Waals surface area contributed by atoms with Gasteiger partial charge in [0, 0.05) is 16.8 Å².